The van der Waals surface area contributed by atoms with Gasteiger partial charge >= 0.3 is 0 Å². The van der Waals surface area contributed by atoms with Crippen LogP contribution >= 0.6 is 0 Å². The van der Waals surface area contributed by atoms with E-state index in [0.717, 1.165) is 5.56 Å². The third-order valence-corrected chi connectivity index (χ3v) is 2.68. The Labute approximate surface area is 114 Å². The van der Waals surface area contributed by atoms with Crippen LogP contribution in [0.3, 0.4) is 0 Å². The smallest absolute Gasteiger partial charge is 0.254 e. The zero-order valence-electron chi connectivity index (χ0n) is 10.5. The zero-order chi connectivity index (χ0) is 13.8. The average molecular weight is 270 g/mol. The molecular weight excluding hydrogens is 259 g/mol. The number of nitrogens with zero attached hydrogens (tertiary/aromatic N) is 2. The third-order valence-electron chi connectivity index (χ3n) is 2.68. The summed E-state index contributed by atoms with van der Waals surface area (Å²) in [6, 6.07) is 15.6. The molecule has 0 aliphatic heterocycles. The number of halogens is 1. The molecule has 5 heteroatoms. The van der Waals surface area contributed by atoms with Gasteiger partial charge in [0.05, 0.1) is 0 Å². The zero-order valence-corrected chi connectivity index (χ0v) is 10.5. The van der Waals surface area contributed by atoms with E-state index in [1.54, 1.807) is 18.2 Å². The maximum absolute atomic E-state index is 13.4. The van der Waals surface area contributed by atoms with Crippen LogP contribution in [-0.4, -0.2) is 10.2 Å². The molecule has 100 valence electrons. The van der Waals surface area contributed by atoms with E-state index in [1.165, 1.54) is 6.07 Å². The van der Waals surface area contributed by atoms with Crippen LogP contribution < -0.4 is 4.74 Å². The second-order valence-electron chi connectivity index (χ2n) is 4.09. The highest BCUT2D eigenvalue weighted by Gasteiger charge is 2.09. The van der Waals surface area contributed by atoms with Crippen molar-refractivity contribution in [2.24, 2.45) is 0 Å². The molecule has 0 amide bonds. The summed E-state index contributed by atoms with van der Waals surface area (Å²) in [7, 11) is 0. The predicted molar refractivity (Wildman–Crippen MR) is 70.5 cm³/mol. The SMILES string of the molecule is Fc1ccccc1OCc1nnc(-c2ccccc2)o1. The quantitative estimate of drug-likeness (QED) is 0.728. The van der Waals surface area contributed by atoms with Gasteiger partial charge in [-0.25, -0.2) is 4.39 Å². The molecule has 0 saturated carbocycles. The van der Waals surface area contributed by atoms with Gasteiger partial charge in [-0.15, -0.1) is 10.2 Å². The lowest BCUT2D eigenvalue weighted by Crippen LogP contribution is -1.97. The monoisotopic (exact) mass is 270 g/mol. The van der Waals surface area contributed by atoms with Crippen LogP contribution in [0.2, 0.25) is 0 Å². The van der Waals surface area contributed by atoms with Crippen LogP contribution in [0, 0.1) is 5.82 Å². The number of hydrogen-bond acceptors (Lipinski definition) is 4. The van der Waals surface area contributed by atoms with E-state index in [2.05, 4.69) is 10.2 Å². The van der Waals surface area contributed by atoms with Gasteiger partial charge < -0.3 is 9.15 Å². The number of ether oxygens (including phenoxy) is 1. The summed E-state index contributed by atoms with van der Waals surface area (Å²) in [5.41, 5.74) is 0.831. The van der Waals surface area contributed by atoms with Crippen molar-refractivity contribution in [2.75, 3.05) is 0 Å². The van der Waals surface area contributed by atoms with Gasteiger partial charge in [-0.1, -0.05) is 30.3 Å². The van der Waals surface area contributed by atoms with Gasteiger partial charge in [0.15, 0.2) is 18.2 Å². The highest BCUT2D eigenvalue weighted by atomic mass is 19.1. The van der Waals surface area contributed by atoms with E-state index in [9.17, 15) is 4.39 Å². The Hall–Kier alpha value is -2.69. The first-order chi connectivity index (χ1) is 9.83. The lowest BCUT2D eigenvalue weighted by Gasteiger charge is -2.03. The van der Waals surface area contributed by atoms with E-state index in [-0.39, 0.29) is 12.4 Å². The van der Waals surface area contributed by atoms with Crippen molar-refractivity contribution in [3.8, 4) is 17.2 Å². The van der Waals surface area contributed by atoms with Crippen LogP contribution in [0.15, 0.2) is 59.0 Å². The Morgan fingerprint density at radius 3 is 2.50 bits per heavy atom. The highest BCUT2D eigenvalue weighted by Crippen LogP contribution is 2.19. The van der Waals surface area contributed by atoms with Gasteiger partial charge in [-0.2, -0.15) is 0 Å². The first-order valence-corrected chi connectivity index (χ1v) is 6.08. The number of hydrogen-bond donors (Lipinski definition) is 0. The van der Waals surface area contributed by atoms with Crippen LogP contribution in [0.25, 0.3) is 11.5 Å². The van der Waals surface area contributed by atoms with Crippen molar-refractivity contribution in [1.82, 2.24) is 10.2 Å². The van der Waals surface area contributed by atoms with Gasteiger partial charge in [0, 0.05) is 5.56 Å². The average Bonchev–Trinajstić information content (AvgIpc) is 2.96. The van der Waals surface area contributed by atoms with Crippen LogP contribution in [0.1, 0.15) is 5.89 Å². The maximum Gasteiger partial charge on any atom is 0.254 e. The third kappa shape index (κ3) is 2.66. The summed E-state index contributed by atoms with van der Waals surface area (Å²) in [6.45, 7) is 0.0285. The van der Waals surface area contributed by atoms with Crippen molar-refractivity contribution in [1.29, 1.82) is 0 Å². The van der Waals surface area contributed by atoms with Crippen molar-refractivity contribution in [2.45, 2.75) is 6.61 Å². The molecule has 3 rings (SSSR count). The first-order valence-electron chi connectivity index (χ1n) is 6.08. The Morgan fingerprint density at radius 1 is 0.950 bits per heavy atom. The fourth-order valence-electron chi connectivity index (χ4n) is 1.71. The second-order valence-corrected chi connectivity index (χ2v) is 4.09. The minimum absolute atomic E-state index is 0.0285. The molecule has 2 aromatic carbocycles. The Balaban J connectivity index is 1.71. The molecule has 0 aliphatic carbocycles. The predicted octanol–water partition coefficient (Wildman–Crippen LogP) is 3.45. The van der Waals surface area contributed by atoms with Crippen LogP contribution in [-0.2, 0) is 6.61 Å². The number of rotatable bonds is 4. The number of aromatic nitrogens is 2. The lowest BCUT2D eigenvalue weighted by molar-refractivity contribution is 0.253. The molecule has 0 saturated heterocycles. The lowest BCUT2D eigenvalue weighted by atomic mass is 10.2. The molecule has 0 aliphatic rings. The maximum atomic E-state index is 13.4. The summed E-state index contributed by atoms with van der Waals surface area (Å²) in [4.78, 5) is 0. The van der Waals surface area contributed by atoms with Crippen molar-refractivity contribution in [3.63, 3.8) is 0 Å². The Kier molecular flexibility index (Phi) is 3.41. The molecule has 0 radical (unpaired) electrons. The molecule has 0 spiro atoms. The summed E-state index contributed by atoms with van der Waals surface area (Å²) in [6.07, 6.45) is 0. The van der Waals surface area contributed by atoms with Crippen LogP contribution in [0.4, 0.5) is 4.39 Å². The molecule has 20 heavy (non-hydrogen) atoms. The minimum Gasteiger partial charge on any atom is -0.481 e. The first kappa shape index (κ1) is 12.3. The number of para-hydroxylation sites is 1. The van der Waals surface area contributed by atoms with Crippen molar-refractivity contribution in [3.05, 3.63) is 66.3 Å². The molecule has 0 N–H and O–H groups in total. The molecule has 0 bridgehead atoms. The summed E-state index contributed by atoms with van der Waals surface area (Å²) in [5.74, 6) is 0.451. The van der Waals surface area contributed by atoms with Gasteiger partial charge in [-0.05, 0) is 24.3 Å². The Morgan fingerprint density at radius 2 is 1.70 bits per heavy atom. The normalized spacial score (nSPS) is 10.4. The second kappa shape index (κ2) is 5.52. The van der Waals surface area contributed by atoms with Gasteiger partial charge in [0.2, 0.25) is 5.89 Å². The van der Waals surface area contributed by atoms with Crippen molar-refractivity contribution >= 4 is 0 Å². The van der Waals surface area contributed by atoms with E-state index in [4.69, 9.17) is 9.15 Å². The fraction of sp³-hybridized carbons (Fsp3) is 0.0667. The standard InChI is InChI=1S/C15H11FN2O2/c16-12-8-4-5-9-13(12)19-10-14-17-18-15(20-14)11-6-2-1-3-7-11/h1-9H,10H2. The highest BCUT2D eigenvalue weighted by molar-refractivity contribution is 5.51. The molecular formula is C15H11FN2O2. The molecule has 1 aromatic heterocycles. The summed E-state index contributed by atoms with van der Waals surface area (Å²) >= 11 is 0. The van der Waals surface area contributed by atoms with Crippen molar-refractivity contribution < 1.29 is 13.5 Å². The van der Waals surface area contributed by atoms with E-state index in [1.807, 2.05) is 30.3 Å². The summed E-state index contributed by atoms with van der Waals surface area (Å²) in [5, 5.41) is 7.80. The van der Waals surface area contributed by atoms with Gasteiger partial charge in [0.25, 0.3) is 5.89 Å². The number of benzene rings is 2. The summed E-state index contributed by atoms with van der Waals surface area (Å²) < 4.78 is 24.1. The van der Waals surface area contributed by atoms with E-state index in [0.29, 0.717) is 11.8 Å². The van der Waals surface area contributed by atoms with Gasteiger partial charge in [0.1, 0.15) is 0 Å². The Bertz CT molecular complexity index is 698. The van der Waals surface area contributed by atoms with E-state index < -0.39 is 5.82 Å². The molecule has 0 unspecified atom stereocenters. The molecule has 0 atom stereocenters. The fourth-order valence-corrected chi connectivity index (χ4v) is 1.71. The molecule has 3 aromatic rings. The van der Waals surface area contributed by atoms with E-state index >= 15 is 0 Å². The topological polar surface area (TPSA) is 48.2 Å². The van der Waals surface area contributed by atoms with Crippen LogP contribution in [0.5, 0.6) is 5.75 Å². The van der Waals surface area contributed by atoms with Gasteiger partial charge in [-0.3, -0.25) is 0 Å². The minimum atomic E-state index is -0.421. The molecule has 1 heterocycles. The largest absolute Gasteiger partial charge is 0.481 e. The molecule has 0 fully saturated rings. The molecule has 4 nitrogen and oxygen atoms in total.